The zero-order chi connectivity index (χ0) is 13.3. The van der Waals surface area contributed by atoms with E-state index in [-0.39, 0.29) is 13.0 Å². The summed E-state index contributed by atoms with van der Waals surface area (Å²) in [5.74, 6) is 0. The summed E-state index contributed by atoms with van der Waals surface area (Å²) in [5, 5.41) is 18.6. The summed E-state index contributed by atoms with van der Waals surface area (Å²) in [6.07, 6.45) is -2.03. The van der Waals surface area contributed by atoms with E-state index in [0.29, 0.717) is 0 Å². The number of hydrogen-bond acceptors (Lipinski definition) is 4. The Morgan fingerprint density at radius 2 is 2.00 bits per heavy atom. The maximum absolute atomic E-state index is 13.4. The third kappa shape index (κ3) is 3.07. The summed E-state index contributed by atoms with van der Waals surface area (Å²) in [4.78, 5) is 12.9. The van der Waals surface area contributed by atoms with Gasteiger partial charge in [-0.2, -0.15) is 0 Å². The highest BCUT2D eigenvalue weighted by molar-refractivity contribution is 5.70. The predicted molar refractivity (Wildman–Crippen MR) is 59.4 cm³/mol. The summed E-state index contributed by atoms with van der Waals surface area (Å²) in [7, 11) is 0. The number of likely N-dealkylation sites (tertiary alicyclic amines) is 1. The normalized spacial score (nSPS) is 23.9. The molecule has 1 rings (SSSR count). The maximum Gasteiger partial charge on any atom is 0.411 e. The standard InChI is InChI=1S/C11H20FNO4/c1-10(2,3)17-9(16)13-5-8(12)4-11(13,6-14)7-15/h8,14-15H,4-7H2,1-3H3. The summed E-state index contributed by atoms with van der Waals surface area (Å²) in [6.45, 7) is 3.98. The number of aliphatic hydroxyl groups excluding tert-OH is 2. The zero-order valence-electron chi connectivity index (χ0n) is 10.4. The van der Waals surface area contributed by atoms with Crippen LogP contribution in [0.4, 0.5) is 9.18 Å². The minimum atomic E-state index is -1.25. The lowest BCUT2D eigenvalue weighted by atomic mass is 9.98. The summed E-state index contributed by atoms with van der Waals surface area (Å²) >= 11 is 0. The van der Waals surface area contributed by atoms with Gasteiger partial charge in [0.1, 0.15) is 11.8 Å². The van der Waals surface area contributed by atoms with E-state index in [1.165, 1.54) is 0 Å². The first-order valence-electron chi connectivity index (χ1n) is 5.60. The van der Waals surface area contributed by atoms with E-state index >= 15 is 0 Å². The molecular formula is C11H20FNO4. The molecule has 0 spiro atoms. The van der Waals surface area contributed by atoms with E-state index in [1.54, 1.807) is 20.8 Å². The Hall–Kier alpha value is -0.880. The molecule has 1 aliphatic heterocycles. The Kier molecular flexibility index (Phi) is 3.99. The molecule has 0 bridgehead atoms. The van der Waals surface area contributed by atoms with Crippen LogP contribution in [0, 0.1) is 0 Å². The van der Waals surface area contributed by atoms with Crippen molar-refractivity contribution >= 4 is 6.09 Å². The molecule has 17 heavy (non-hydrogen) atoms. The second-order valence-electron chi connectivity index (χ2n) is 5.43. The van der Waals surface area contributed by atoms with Crippen LogP contribution in [0.1, 0.15) is 27.2 Å². The molecule has 6 heteroatoms. The van der Waals surface area contributed by atoms with Gasteiger partial charge < -0.3 is 14.9 Å². The molecule has 0 aromatic carbocycles. The Balaban J connectivity index is 2.84. The van der Waals surface area contributed by atoms with E-state index in [2.05, 4.69) is 0 Å². The minimum Gasteiger partial charge on any atom is -0.444 e. The van der Waals surface area contributed by atoms with Gasteiger partial charge in [0.25, 0.3) is 0 Å². The number of alkyl halides is 1. The zero-order valence-corrected chi connectivity index (χ0v) is 10.4. The van der Waals surface area contributed by atoms with Crippen LogP contribution in [-0.2, 0) is 4.74 Å². The highest BCUT2D eigenvalue weighted by Crippen LogP contribution is 2.32. The predicted octanol–water partition coefficient (Wildman–Crippen LogP) is 0.689. The van der Waals surface area contributed by atoms with Gasteiger partial charge in [0.2, 0.25) is 0 Å². The lowest BCUT2D eigenvalue weighted by molar-refractivity contribution is -0.0213. The van der Waals surface area contributed by atoms with Crippen molar-refractivity contribution in [1.82, 2.24) is 4.90 Å². The Morgan fingerprint density at radius 1 is 1.47 bits per heavy atom. The number of hydrogen-bond donors (Lipinski definition) is 2. The lowest BCUT2D eigenvalue weighted by Gasteiger charge is -2.35. The van der Waals surface area contributed by atoms with Crippen molar-refractivity contribution in [1.29, 1.82) is 0 Å². The number of amides is 1. The van der Waals surface area contributed by atoms with Crippen LogP contribution in [0.2, 0.25) is 0 Å². The Bertz CT molecular complexity index is 286. The van der Waals surface area contributed by atoms with E-state index in [0.717, 1.165) is 4.90 Å². The molecular weight excluding hydrogens is 229 g/mol. The van der Waals surface area contributed by atoms with Crippen LogP contribution in [0.3, 0.4) is 0 Å². The van der Waals surface area contributed by atoms with Gasteiger partial charge >= 0.3 is 6.09 Å². The summed E-state index contributed by atoms with van der Waals surface area (Å²) in [6, 6.07) is 0. The highest BCUT2D eigenvalue weighted by Gasteiger charge is 2.49. The second kappa shape index (κ2) is 4.78. The number of carbonyl (C=O) groups excluding carboxylic acids is 1. The first-order valence-corrected chi connectivity index (χ1v) is 5.60. The number of rotatable bonds is 2. The van der Waals surface area contributed by atoms with Crippen molar-refractivity contribution < 1.29 is 24.1 Å². The van der Waals surface area contributed by atoms with Crippen molar-refractivity contribution in [2.75, 3.05) is 19.8 Å². The molecule has 1 heterocycles. The van der Waals surface area contributed by atoms with Gasteiger partial charge in [0, 0.05) is 6.42 Å². The van der Waals surface area contributed by atoms with Crippen molar-refractivity contribution in [2.45, 2.75) is 44.5 Å². The van der Waals surface area contributed by atoms with Crippen LogP contribution < -0.4 is 0 Å². The van der Waals surface area contributed by atoms with Gasteiger partial charge in [-0.15, -0.1) is 0 Å². The largest absolute Gasteiger partial charge is 0.444 e. The molecule has 0 radical (unpaired) electrons. The molecule has 0 aromatic rings. The third-order valence-electron chi connectivity index (χ3n) is 2.76. The number of nitrogens with zero attached hydrogens (tertiary/aromatic N) is 1. The molecule has 100 valence electrons. The average Bonchev–Trinajstić information content (AvgIpc) is 2.54. The second-order valence-corrected chi connectivity index (χ2v) is 5.43. The van der Waals surface area contributed by atoms with E-state index in [9.17, 15) is 19.4 Å². The monoisotopic (exact) mass is 249 g/mol. The third-order valence-corrected chi connectivity index (χ3v) is 2.76. The highest BCUT2D eigenvalue weighted by atomic mass is 19.1. The van der Waals surface area contributed by atoms with Gasteiger partial charge in [-0.3, -0.25) is 4.90 Å². The fourth-order valence-corrected chi connectivity index (χ4v) is 1.91. The molecule has 1 saturated heterocycles. The van der Waals surface area contributed by atoms with Crippen LogP contribution in [0.15, 0.2) is 0 Å². The van der Waals surface area contributed by atoms with E-state index in [4.69, 9.17) is 4.74 Å². The van der Waals surface area contributed by atoms with Gasteiger partial charge in [-0.05, 0) is 20.8 Å². The molecule has 0 aliphatic carbocycles. The summed E-state index contributed by atoms with van der Waals surface area (Å²) in [5.41, 5.74) is -1.94. The maximum atomic E-state index is 13.4. The van der Waals surface area contributed by atoms with Crippen LogP contribution in [0.5, 0.6) is 0 Å². The smallest absolute Gasteiger partial charge is 0.411 e. The average molecular weight is 249 g/mol. The molecule has 5 nitrogen and oxygen atoms in total. The van der Waals surface area contributed by atoms with Crippen LogP contribution >= 0.6 is 0 Å². The first-order chi connectivity index (χ1) is 7.74. The SMILES string of the molecule is CC(C)(C)OC(=O)N1CC(F)CC1(CO)CO. The van der Waals surface area contributed by atoms with Crippen molar-refractivity contribution in [3.05, 3.63) is 0 Å². The number of aliphatic hydroxyl groups is 2. The minimum absolute atomic E-state index is 0.0702. The van der Waals surface area contributed by atoms with E-state index in [1.807, 2.05) is 0 Å². The van der Waals surface area contributed by atoms with Crippen LogP contribution in [-0.4, -0.2) is 58.3 Å². The molecule has 1 atom stereocenters. The molecule has 0 saturated carbocycles. The first kappa shape index (κ1) is 14.2. The fraction of sp³-hybridized carbons (Fsp3) is 0.909. The molecule has 1 aliphatic rings. The molecule has 1 unspecified atom stereocenters. The number of halogens is 1. The lowest BCUT2D eigenvalue weighted by Crippen LogP contribution is -2.53. The van der Waals surface area contributed by atoms with Crippen LogP contribution in [0.25, 0.3) is 0 Å². The molecule has 1 fully saturated rings. The number of carbonyl (C=O) groups is 1. The van der Waals surface area contributed by atoms with Gasteiger partial charge in [-0.1, -0.05) is 0 Å². The molecule has 0 aromatic heterocycles. The fourth-order valence-electron chi connectivity index (χ4n) is 1.91. The van der Waals surface area contributed by atoms with Crippen molar-refractivity contribution in [3.8, 4) is 0 Å². The van der Waals surface area contributed by atoms with Gasteiger partial charge in [0.05, 0.1) is 25.3 Å². The van der Waals surface area contributed by atoms with E-state index < -0.39 is 36.6 Å². The summed E-state index contributed by atoms with van der Waals surface area (Å²) < 4.78 is 18.5. The van der Waals surface area contributed by atoms with Crippen molar-refractivity contribution in [2.24, 2.45) is 0 Å². The Labute approximate surface area is 100 Å². The Morgan fingerprint density at radius 3 is 2.41 bits per heavy atom. The topological polar surface area (TPSA) is 70.0 Å². The van der Waals surface area contributed by atoms with Gasteiger partial charge in [0.15, 0.2) is 0 Å². The number of ether oxygens (including phenoxy) is 1. The molecule has 1 amide bonds. The van der Waals surface area contributed by atoms with Crippen molar-refractivity contribution in [3.63, 3.8) is 0 Å². The van der Waals surface area contributed by atoms with Gasteiger partial charge in [-0.25, -0.2) is 9.18 Å². The quantitative estimate of drug-likeness (QED) is 0.755. The molecule has 2 N–H and O–H groups in total.